The minimum atomic E-state index is -1.28. The third kappa shape index (κ3) is 1.63. The van der Waals surface area contributed by atoms with E-state index in [0.29, 0.717) is 5.56 Å². The topological polar surface area (TPSA) is 99.3 Å². The molecular formula is C7H10N2O3. The first-order chi connectivity index (χ1) is 5.63. The van der Waals surface area contributed by atoms with Crippen LogP contribution in [0.15, 0.2) is 18.5 Å². The molecule has 0 saturated carbocycles. The van der Waals surface area contributed by atoms with E-state index in [1.54, 1.807) is 12.3 Å². The number of nitrogens with one attached hydrogen (secondary N) is 1. The van der Waals surface area contributed by atoms with Gasteiger partial charge in [-0.15, -0.1) is 0 Å². The molecule has 0 aliphatic rings. The zero-order valence-corrected chi connectivity index (χ0v) is 6.27. The summed E-state index contributed by atoms with van der Waals surface area (Å²) in [5.74, 6) is -1.22. The van der Waals surface area contributed by atoms with Gasteiger partial charge in [0.25, 0.3) is 0 Å². The molecule has 1 rings (SSSR count). The smallest absolute Gasteiger partial charge is 0.323 e. The van der Waals surface area contributed by atoms with E-state index in [9.17, 15) is 9.90 Å². The van der Waals surface area contributed by atoms with Crippen LogP contribution in [0.5, 0.6) is 0 Å². The van der Waals surface area contributed by atoms with Crippen LogP contribution in [0, 0.1) is 0 Å². The first-order valence-electron chi connectivity index (χ1n) is 3.42. The van der Waals surface area contributed by atoms with Crippen LogP contribution < -0.4 is 5.73 Å². The molecule has 2 unspecified atom stereocenters. The standard InChI is InChI=1S/C7H10N2O3/c8-5(7(11)12)6(10)4-1-2-9-3-4/h1-3,5-6,9-10H,8H2,(H,11,12). The van der Waals surface area contributed by atoms with Crippen LogP contribution in [0.1, 0.15) is 11.7 Å². The van der Waals surface area contributed by atoms with Crippen molar-refractivity contribution in [3.8, 4) is 0 Å². The molecule has 0 bridgehead atoms. The normalized spacial score (nSPS) is 15.5. The molecule has 0 aliphatic heterocycles. The molecule has 0 aliphatic carbocycles. The van der Waals surface area contributed by atoms with Gasteiger partial charge < -0.3 is 20.9 Å². The van der Waals surface area contributed by atoms with Crippen molar-refractivity contribution in [2.45, 2.75) is 12.1 Å². The number of carboxylic acid groups (broad SMARTS) is 1. The van der Waals surface area contributed by atoms with Gasteiger partial charge in [-0.3, -0.25) is 4.79 Å². The van der Waals surface area contributed by atoms with Gasteiger partial charge in [-0.25, -0.2) is 0 Å². The lowest BCUT2D eigenvalue weighted by atomic mass is 10.1. The third-order valence-electron chi connectivity index (χ3n) is 1.59. The van der Waals surface area contributed by atoms with Crippen molar-refractivity contribution in [2.24, 2.45) is 5.73 Å². The number of H-pyrrole nitrogens is 1. The lowest BCUT2D eigenvalue weighted by Gasteiger charge is -2.12. The van der Waals surface area contributed by atoms with Gasteiger partial charge in [-0.05, 0) is 6.07 Å². The molecule has 1 aromatic heterocycles. The van der Waals surface area contributed by atoms with Crippen LogP contribution in [0.4, 0.5) is 0 Å². The number of hydrogen-bond donors (Lipinski definition) is 4. The lowest BCUT2D eigenvalue weighted by molar-refractivity contribution is -0.141. The Morgan fingerprint density at radius 2 is 2.33 bits per heavy atom. The van der Waals surface area contributed by atoms with E-state index in [2.05, 4.69) is 4.98 Å². The Balaban J connectivity index is 2.71. The number of aliphatic carboxylic acids is 1. The average molecular weight is 170 g/mol. The summed E-state index contributed by atoms with van der Waals surface area (Å²) >= 11 is 0. The van der Waals surface area contributed by atoms with Crippen molar-refractivity contribution in [2.75, 3.05) is 0 Å². The summed E-state index contributed by atoms with van der Waals surface area (Å²) in [4.78, 5) is 13.0. The highest BCUT2D eigenvalue weighted by Crippen LogP contribution is 2.14. The number of aromatic nitrogens is 1. The fraction of sp³-hybridized carbons (Fsp3) is 0.286. The number of nitrogens with two attached hydrogens (primary N) is 1. The maximum Gasteiger partial charge on any atom is 0.323 e. The van der Waals surface area contributed by atoms with Crippen LogP contribution >= 0.6 is 0 Å². The highest BCUT2D eigenvalue weighted by molar-refractivity contribution is 5.74. The Morgan fingerprint density at radius 1 is 1.67 bits per heavy atom. The van der Waals surface area contributed by atoms with Crippen LogP contribution in [0.3, 0.4) is 0 Å². The summed E-state index contributed by atoms with van der Waals surface area (Å²) in [7, 11) is 0. The van der Waals surface area contributed by atoms with E-state index in [4.69, 9.17) is 10.8 Å². The van der Waals surface area contributed by atoms with Gasteiger partial charge in [0.1, 0.15) is 12.1 Å². The molecule has 1 aromatic rings. The van der Waals surface area contributed by atoms with Crippen molar-refractivity contribution >= 4 is 5.97 Å². The Labute approximate surface area is 68.8 Å². The van der Waals surface area contributed by atoms with E-state index < -0.39 is 18.1 Å². The SMILES string of the molecule is NC(C(=O)O)C(O)c1cc[nH]c1. The molecule has 0 spiro atoms. The number of hydrogen-bond acceptors (Lipinski definition) is 3. The number of carboxylic acids is 1. The Bertz CT molecular complexity index is 258. The Morgan fingerprint density at radius 3 is 2.75 bits per heavy atom. The van der Waals surface area contributed by atoms with Gasteiger partial charge in [-0.2, -0.15) is 0 Å². The van der Waals surface area contributed by atoms with E-state index >= 15 is 0 Å². The van der Waals surface area contributed by atoms with E-state index in [-0.39, 0.29) is 0 Å². The maximum atomic E-state index is 10.3. The van der Waals surface area contributed by atoms with Gasteiger partial charge in [0.2, 0.25) is 0 Å². The quantitative estimate of drug-likeness (QED) is 0.489. The highest BCUT2D eigenvalue weighted by Gasteiger charge is 2.23. The predicted octanol–water partition coefficient (Wildman–Crippen LogP) is -0.540. The van der Waals surface area contributed by atoms with Crippen LogP contribution in [-0.4, -0.2) is 27.2 Å². The zero-order valence-electron chi connectivity index (χ0n) is 6.27. The zero-order chi connectivity index (χ0) is 9.14. The maximum absolute atomic E-state index is 10.3. The summed E-state index contributed by atoms with van der Waals surface area (Å²) in [6.45, 7) is 0. The molecule has 0 fully saturated rings. The molecule has 5 nitrogen and oxygen atoms in total. The number of aliphatic hydroxyl groups excluding tert-OH is 1. The van der Waals surface area contributed by atoms with Crippen molar-refractivity contribution < 1.29 is 15.0 Å². The molecule has 0 radical (unpaired) electrons. The molecule has 0 amide bonds. The van der Waals surface area contributed by atoms with Crippen molar-refractivity contribution in [1.29, 1.82) is 0 Å². The molecule has 0 aromatic carbocycles. The van der Waals surface area contributed by atoms with E-state index in [1.807, 2.05) is 0 Å². The molecule has 1 heterocycles. The second-order valence-corrected chi connectivity index (χ2v) is 2.45. The van der Waals surface area contributed by atoms with Crippen molar-refractivity contribution in [3.05, 3.63) is 24.0 Å². The van der Waals surface area contributed by atoms with Crippen molar-refractivity contribution in [1.82, 2.24) is 4.98 Å². The number of carbonyl (C=O) groups is 1. The Kier molecular flexibility index (Phi) is 2.47. The van der Waals surface area contributed by atoms with Crippen molar-refractivity contribution in [3.63, 3.8) is 0 Å². The molecule has 2 atom stereocenters. The predicted molar refractivity (Wildman–Crippen MR) is 41.4 cm³/mol. The van der Waals surface area contributed by atoms with Gasteiger partial charge in [0.15, 0.2) is 0 Å². The highest BCUT2D eigenvalue weighted by atomic mass is 16.4. The number of aromatic amines is 1. The van der Waals surface area contributed by atoms with Crippen LogP contribution in [0.2, 0.25) is 0 Å². The van der Waals surface area contributed by atoms with E-state index in [0.717, 1.165) is 0 Å². The minimum Gasteiger partial charge on any atom is -0.480 e. The average Bonchev–Trinajstić information content (AvgIpc) is 2.53. The summed E-state index contributed by atoms with van der Waals surface area (Å²) < 4.78 is 0. The molecule has 5 N–H and O–H groups in total. The molecule has 5 heteroatoms. The van der Waals surface area contributed by atoms with Gasteiger partial charge in [-0.1, -0.05) is 0 Å². The fourth-order valence-corrected chi connectivity index (χ4v) is 0.863. The minimum absolute atomic E-state index is 0.477. The van der Waals surface area contributed by atoms with Gasteiger partial charge >= 0.3 is 5.97 Å². The van der Waals surface area contributed by atoms with E-state index in [1.165, 1.54) is 6.20 Å². The number of rotatable bonds is 3. The molecular weight excluding hydrogens is 160 g/mol. The first-order valence-corrected chi connectivity index (χ1v) is 3.42. The summed E-state index contributed by atoms with van der Waals surface area (Å²) in [6, 6.07) is 0.300. The molecule has 0 saturated heterocycles. The fourth-order valence-electron chi connectivity index (χ4n) is 0.863. The number of aliphatic hydroxyl groups is 1. The van der Waals surface area contributed by atoms with Crippen LogP contribution in [0.25, 0.3) is 0 Å². The monoisotopic (exact) mass is 170 g/mol. The molecule has 12 heavy (non-hydrogen) atoms. The second kappa shape index (κ2) is 3.38. The Hall–Kier alpha value is -1.33. The third-order valence-corrected chi connectivity index (χ3v) is 1.59. The second-order valence-electron chi connectivity index (χ2n) is 2.45. The lowest BCUT2D eigenvalue weighted by Crippen LogP contribution is -2.36. The summed E-state index contributed by atoms with van der Waals surface area (Å²) in [6.07, 6.45) is 1.94. The van der Waals surface area contributed by atoms with Crippen LogP contribution in [-0.2, 0) is 4.79 Å². The largest absolute Gasteiger partial charge is 0.480 e. The summed E-state index contributed by atoms with van der Waals surface area (Å²) in [5.41, 5.74) is 5.66. The van der Waals surface area contributed by atoms with Gasteiger partial charge in [0, 0.05) is 18.0 Å². The first kappa shape index (κ1) is 8.76. The summed E-state index contributed by atoms with van der Waals surface area (Å²) in [5, 5.41) is 17.8. The van der Waals surface area contributed by atoms with Gasteiger partial charge in [0.05, 0.1) is 0 Å². The molecule has 66 valence electrons.